The number of ketones is 1. The number of fused-ring (bicyclic) bond motifs is 2. The first-order valence-corrected chi connectivity index (χ1v) is 11.6. The molecule has 2 aliphatic carbocycles. The van der Waals surface area contributed by atoms with Crippen molar-refractivity contribution in [2.24, 2.45) is 5.41 Å². The normalized spacial score (nSPS) is 23.7. The maximum absolute atomic E-state index is 13.4. The molecular formula is C28H29FN2O2. The number of aromatic nitrogens is 2. The fourth-order valence-electron chi connectivity index (χ4n) is 5.70. The lowest BCUT2D eigenvalue weighted by atomic mass is 9.65. The molecular weight excluding hydrogens is 415 g/mol. The zero-order chi connectivity index (χ0) is 23.2. The monoisotopic (exact) mass is 444 g/mol. The summed E-state index contributed by atoms with van der Waals surface area (Å²) in [6.45, 7) is 3.79. The molecule has 0 spiro atoms. The molecule has 0 amide bonds. The van der Waals surface area contributed by atoms with Crippen LogP contribution in [-0.4, -0.2) is 26.3 Å². The average molecular weight is 445 g/mol. The number of carbonyl (C=O) groups excluding carboxylic acids is 1. The lowest BCUT2D eigenvalue weighted by Gasteiger charge is -2.42. The van der Waals surface area contributed by atoms with Crippen LogP contribution >= 0.6 is 0 Å². The van der Waals surface area contributed by atoms with Crippen molar-refractivity contribution in [3.05, 3.63) is 88.5 Å². The van der Waals surface area contributed by atoms with Crippen molar-refractivity contribution in [3.63, 3.8) is 0 Å². The van der Waals surface area contributed by atoms with Gasteiger partial charge in [0.05, 0.1) is 23.2 Å². The van der Waals surface area contributed by atoms with Gasteiger partial charge in [-0.1, -0.05) is 36.8 Å². The van der Waals surface area contributed by atoms with E-state index in [2.05, 4.69) is 24.2 Å². The number of Topliss-reactive ketones (excluding diaryl/α,β-unsaturated/α-hetero) is 1. The quantitative estimate of drug-likeness (QED) is 0.565. The van der Waals surface area contributed by atoms with Gasteiger partial charge in [-0.3, -0.25) is 4.79 Å². The number of hydrogen-bond acceptors (Lipinski definition) is 3. The van der Waals surface area contributed by atoms with Gasteiger partial charge >= 0.3 is 0 Å². The number of benzene rings is 2. The molecule has 2 atom stereocenters. The zero-order valence-corrected chi connectivity index (χ0v) is 19.1. The summed E-state index contributed by atoms with van der Waals surface area (Å²) >= 11 is 0. The van der Waals surface area contributed by atoms with Gasteiger partial charge in [0, 0.05) is 11.8 Å². The number of aryl methyl sites for hydroxylation is 1. The maximum atomic E-state index is 13.4. The van der Waals surface area contributed by atoms with Crippen LogP contribution in [0, 0.1) is 11.2 Å². The van der Waals surface area contributed by atoms with Crippen LogP contribution < -0.4 is 0 Å². The van der Waals surface area contributed by atoms with Crippen LogP contribution in [0.4, 0.5) is 4.39 Å². The molecule has 2 aliphatic rings. The molecule has 1 heterocycles. The number of rotatable bonds is 6. The standard InChI is InChI=1S/C28H29FN2O2/c1-19(32)15-21-6-4-3-5-20(21)11-13-28(33)14-12-23-16-26-22(17-27(23,28)2)18-30-31(26)25-9-7-24(29)8-10-25/h3-10,16,18,33H,11-15,17H2,1-2H3/t27-,28-/m0/s1. The van der Waals surface area contributed by atoms with Gasteiger partial charge in [-0.2, -0.15) is 5.10 Å². The minimum Gasteiger partial charge on any atom is -0.389 e. The lowest BCUT2D eigenvalue weighted by molar-refractivity contribution is -0.116. The summed E-state index contributed by atoms with van der Waals surface area (Å²) in [6.07, 6.45) is 8.16. The van der Waals surface area contributed by atoms with E-state index in [0.29, 0.717) is 12.8 Å². The highest BCUT2D eigenvalue weighted by Crippen LogP contribution is 2.56. The summed E-state index contributed by atoms with van der Waals surface area (Å²) in [7, 11) is 0. The van der Waals surface area contributed by atoms with Crippen molar-refractivity contribution in [2.75, 3.05) is 0 Å². The summed E-state index contributed by atoms with van der Waals surface area (Å²) in [6, 6.07) is 14.4. The maximum Gasteiger partial charge on any atom is 0.134 e. The van der Waals surface area contributed by atoms with E-state index in [1.807, 2.05) is 29.1 Å². The van der Waals surface area contributed by atoms with Gasteiger partial charge in [0.2, 0.25) is 0 Å². The van der Waals surface area contributed by atoms with Crippen LogP contribution in [0.5, 0.6) is 0 Å². The second-order valence-electron chi connectivity index (χ2n) is 9.80. The first kappa shape index (κ1) is 21.8. The SMILES string of the molecule is CC(=O)Cc1ccccc1CC[C@]1(O)CCC2=Cc3c(cnn3-c3ccc(F)cc3)C[C@@]21C. The molecule has 0 aliphatic heterocycles. The van der Waals surface area contributed by atoms with Gasteiger partial charge in [-0.25, -0.2) is 9.07 Å². The largest absolute Gasteiger partial charge is 0.389 e. The highest BCUT2D eigenvalue weighted by atomic mass is 19.1. The Balaban J connectivity index is 1.41. The Kier molecular flexibility index (Phi) is 5.32. The van der Waals surface area contributed by atoms with Gasteiger partial charge in [0.15, 0.2) is 0 Å². The molecule has 170 valence electrons. The van der Waals surface area contributed by atoms with E-state index >= 15 is 0 Å². The number of carbonyl (C=O) groups is 1. The molecule has 1 saturated carbocycles. The van der Waals surface area contributed by atoms with Crippen molar-refractivity contribution in [3.8, 4) is 5.69 Å². The highest BCUT2D eigenvalue weighted by Gasteiger charge is 2.54. The van der Waals surface area contributed by atoms with Crippen LogP contribution in [0.2, 0.25) is 0 Å². The number of nitrogens with zero attached hydrogens (tertiary/aromatic N) is 2. The molecule has 4 nitrogen and oxygen atoms in total. The Morgan fingerprint density at radius 2 is 1.88 bits per heavy atom. The highest BCUT2D eigenvalue weighted by molar-refractivity contribution is 5.78. The third-order valence-electron chi connectivity index (χ3n) is 7.72. The second-order valence-corrected chi connectivity index (χ2v) is 9.80. The fourth-order valence-corrected chi connectivity index (χ4v) is 5.70. The molecule has 1 N–H and O–H groups in total. The number of aliphatic hydroxyl groups is 1. The molecule has 0 saturated heterocycles. The first-order valence-electron chi connectivity index (χ1n) is 11.6. The molecule has 0 radical (unpaired) electrons. The molecule has 1 fully saturated rings. The summed E-state index contributed by atoms with van der Waals surface area (Å²) in [5, 5.41) is 16.5. The van der Waals surface area contributed by atoms with Gasteiger partial charge in [-0.15, -0.1) is 0 Å². The van der Waals surface area contributed by atoms with Crippen LogP contribution in [0.15, 0.2) is 60.3 Å². The number of halogens is 1. The van der Waals surface area contributed by atoms with E-state index in [9.17, 15) is 14.3 Å². The Morgan fingerprint density at radius 3 is 2.61 bits per heavy atom. The third-order valence-corrected chi connectivity index (χ3v) is 7.72. The predicted octanol–water partition coefficient (Wildman–Crippen LogP) is 5.25. The van der Waals surface area contributed by atoms with Crippen LogP contribution in [0.1, 0.15) is 55.5 Å². The van der Waals surface area contributed by atoms with Gasteiger partial charge < -0.3 is 5.11 Å². The Morgan fingerprint density at radius 1 is 1.15 bits per heavy atom. The van der Waals surface area contributed by atoms with Gasteiger partial charge in [-0.05, 0) is 86.1 Å². The summed E-state index contributed by atoms with van der Waals surface area (Å²) in [5.74, 6) is -0.117. The van der Waals surface area contributed by atoms with Crippen molar-refractivity contribution < 1.29 is 14.3 Å². The van der Waals surface area contributed by atoms with Gasteiger partial charge in [0.25, 0.3) is 0 Å². The van der Waals surface area contributed by atoms with Gasteiger partial charge in [0.1, 0.15) is 11.6 Å². The van der Waals surface area contributed by atoms with E-state index in [-0.39, 0.29) is 17.0 Å². The first-order chi connectivity index (χ1) is 15.8. The zero-order valence-electron chi connectivity index (χ0n) is 19.1. The lowest BCUT2D eigenvalue weighted by Crippen LogP contribution is -2.45. The van der Waals surface area contributed by atoms with Crippen molar-refractivity contribution >= 4 is 11.9 Å². The molecule has 5 heteroatoms. The summed E-state index contributed by atoms with van der Waals surface area (Å²) in [4.78, 5) is 11.7. The van der Waals surface area contributed by atoms with Crippen LogP contribution in [0.3, 0.4) is 0 Å². The Bertz CT molecular complexity index is 1240. The number of hydrogen-bond donors (Lipinski definition) is 1. The van der Waals surface area contributed by atoms with E-state index in [0.717, 1.165) is 53.8 Å². The minimum absolute atomic E-state index is 0.150. The Labute approximate surface area is 193 Å². The molecule has 3 aromatic rings. The molecule has 0 bridgehead atoms. The van der Waals surface area contributed by atoms with Crippen molar-refractivity contribution in [2.45, 2.75) is 58.0 Å². The summed E-state index contributed by atoms with van der Waals surface area (Å²) in [5.41, 5.74) is 5.21. The Hall–Kier alpha value is -3.05. The fraction of sp³-hybridized carbons (Fsp3) is 0.357. The second kappa shape index (κ2) is 8.07. The predicted molar refractivity (Wildman–Crippen MR) is 127 cm³/mol. The molecule has 33 heavy (non-hydrogen) atoms. The average Bonchev–Trinajstić information content (AvgIpc) is 3.30. The van der Waals surface area contributed by atoms with E-state index < -0.39 is 5.60 Å². The smallest absolute Gasteiger partial charge is 0.134 e. The topological polar surface area (TPSA) is 55.1 Å². The minimum atomic E-state index is -0.822. The molecule has 0 unspecified atom stereocenters. The van der Waals surface area contributed by atoms with E-state index in [1.165, 1.54) is 17.7 Å². The summed E-state index contributed by atoms with van der Waals surface area (Å²) < 4.78 is 15.2. The van der Waals surface area contributed by atoms with E-state index in [4.69, 9.17) is 0 Å². The molecule has 1 aromatic heterocycles. The molecule has 2 aromatic carbocycles. The van der Waals surface area contributed by atoms with Crippen molar-refractivity contribution in [1.29, 1.82) is 0 Å². The van der Waals surface area contributed by atoms with E-state index in [1.54, 1.807) is 19.1 Å². The van der Waals surface area contributed by atoms with Crippen molar-refractivity contribution in [1.82, 2.24) is 9.78 Å². The van der Waals surface area contributed by atoms with Crippen LogP contribution in [-0.2, 0) is 24.1 Å². The third kappa shape index (κ3) is 3.74. The van der Waals surface area contributed by atoms with Crippen LogP contribution in [0.25, 0.3) is 11.8 Å². The molecule has 5 rings (SSSR count).